The van der Waals surface area contributed by atoms with Crippen LogP contribution in [0.4, 0.5) is 5.69 Å². The number of carbonyl (C=O) groups excluding carboxylic acids is 1. The van der Waals surface area contributed by atoms with Crippen LogP contribution >= 0.6 is 0 Å². The van der Waals surface area contributed by atoms with Gasteiger partial charge in [0.1, 0.15) is 0 Å². The van der Waals surface area contributed by atoms with E-state index >= 15 is 0 Å². The highest BCUT2D eigenvalue weighted by Gasteiger charge is 2.19. The lowest BCUT2D eigenvalue weighted by atomic mass is 10.1. The number of likely N-dealkylation sites (N-methyl/N-ethyl adjacent to an activating group) is 1. The average Bonchev–Trinajstić information content (AvgIpc) is 2.96. The van der Waals surface area contributed by atoms with Crippen molar-refractivity contribution >= 4 is 11.6 Å². The molecule has 2 heterocycles. The van der Waals surface area contributed by atoms with Gasteiger partial charge in [-0.2, -0.15) is 0 Å². The Hall–Kier alpha value is -1.39. The van der Waals surface area contributed by atoms with E-state index in [0.717, 1.165) is 30.9 Å². The maximum atomic E-state index is 11.3. The summed E-state index contributed by atoms with van der Waals surface area (Å²) < 4.78 is 0. The third-order valence-electron chi connectivity index (χ3n) is 3.94. The standard InChI is InChI=1S/C15H21N3O/c1-18(10-13-3-2-6-16-13)9-11-4-5-14-12(7-11)8-15(19)17-14/h4-5,7,13,16H,2-3,6,8-10H2,1H3,(H,17,19). The molecule has 1 aromatic rings. The fraction of sp³-hybridized carbons (Fsp3) is 0.533. The van der Waals surface area contributed by atoms with E-state index in [2.05, 4.69) is 34.7 Å². The first-order valence-corrected chi connectivity index (χ1v) is 7.04. The third kappa shape index (κ3) is 2.96. The van der Waals surface area contributed by atoms with Crippen LogP contribution in [-0.2, 0) is 17.8 Å². The van der Waals surface area contributed by atoms with Crippen LogP contribution in [0, 0.1) is 0 Å². The molecule has 0 aliphatic carbocycles. The Kier molecular flexibility index (Phi) is 3.53. The predicted molar refractivity (Wildman–Crippen MR) is 76.1 cm³/mol. The minimum Gasteiger partial charge on any atom is -0.326 e. The molecular formula is C15H21N3O. The van der Waals surface area contributed by atoms with Crippen molar-refractivity contribution in [2.75, 3.05) is 25.5 Å². The van der Waals surface area contributed by atoms with E-state index in [-0.39, 0.29) is 5.91 Å². The molecule has 4 heteroatoms. The van der Waals surface area contributed by atoms with E-state index in [0.29, 0.717) is 12.5 Å². The lowest BCUT2D eigenvalue weighted by molar-refractivity contribution is -0.115. The summed E-state index contributed by atoms with van der Waals surface area (Å²) in [7, 11) is 2.16. The van der Waals surface area contributed by atoms with Crippen LogP contribution < -0.4 is 10.6 Å². The summed E-state index contributed by atoms with van der Waals surface area (Å²) in [5.41, 5.74) is 3.40. The van der Waals surface area contributed by atoms with Crippen LogP contribution in [0.15, 0.2) is 18.2 Å². The Balaban J connectivity index is 1.60. The fourth-order valence-corrected chi connectivity index (χ4v) is 3.05. The maximum Gasteiger partial charge on any atom is 0.228 e. The molecule has 0 bridgehead atoms. The number of anilines is 1. The number of rotatable bonds is 4. The summed E-state index contributed by atoms with van der Waals surface area (Å²) in [5.74, 6) is 0.107. The molecule has 1 fully saturated rings. The van der Waals surface area contributed by atoms with E-state index in [9.17, 15) is 4.79 Å². The molecule has 0 aromatic heterocycles. The Morgan fingerprint density at radius 3 is 3.11 bits per heavy atom. The molecule has 0 radical (unpaired) electrons. The van der Waals surface area contributed by atoms with E-state index in [1.807, 2.05) is 6.07 Å². The van der Waals surface area contributed by atoms with Crippen LogP contribution in [-0.4, -0.2) is 37.0 Å². The van der Waals surface area contributed by atoms with Crippen molar-refractivity contribution in [2.24, 2.45) is 0 Å². The Labute approximate surface area is 114 Å². The maximum absolute atomic E-state index is 11.3. The molecular weight excluding hydrogens is 238 g/mol. The summed E-state index contributed by atoms with van der Waals surface area (Å²) in [5, 5.41) is 6.40. The first kappa shape index (κ1) is 12.6. The van der Waals surface area contributed by atoms with Gasteiger partial charge in [0.25, 0.3) is 0 Å². The van der Waals surface area contributed by atoms with Crippen molar-refractivity contribution < 1.29 is 4.79 Å². The number of nitrogens with zero attached hydrogens (tertiary/aromatic N) is 1. The Morgan fingerprint density at radius 2 is 2.32 bits per heavy atom. The molecule has 2 aliphatic rings. The van der Waals surface area contributed by atoms with Gasteiger partial charge in [0, 0.05) is 24.8 Å². The Bertz CT molecular complexity index is 480. The molecule has 1 unspecified atom stereocenters. The predicted octanol–water partition coefficient (Wildman–Crippen LogP) is 1.36. The van der Waals surface area contributed by atoms with Crippen LogP contribution in [0.3, 0.4) is 0 Å². The second-order valence-electron chi connectivity index (χ2n) is 5.71. The van der Waals surface area contributed by atoms with Gasteiger partial charge in [-0.1, -0.05) is 12.1 Å². The van der Waals surface area contributed by atoms with Crippen LogP contribution in [0.2, 0.25) is 0 Å². The van der Waals surface area contributed by atoms with Crippen molar-refractivity contribution in [3.8, 4) is 0 Å². The van der Waals surface area contributed by atoms with E-state index in [1.165, 1.54) is 18.4 Å². The zero-order valence-electron chi connectivity index (χ0n) is 11.4. The molecule has 2 aliphatic heterocycles. The highest BCUT2D eigenvalue weighted by atomic mass is 16.1. The SMILES string of the molecule is CN(Cc1ccc2c(c1)CC(=O)N2)CC1CCCN1. The number of hydrogen-bond acceptors (Lipinski definition) is 3. The van der Waals surface area contributed by atoms with Crippen molar-refractivity contribution in [3.63, 3.8) is 0 Å². The summed E-state index contributed by atoms with van der Waals surface area (Å²) in [4.78, 5) is 13.7. The number of benzene rings is 1. The number of fused-ring (bicyclic) bond motifs is 1. The molecule has 0 saturated carbocycles. The molecule has 3 rings (SSSR count). The van der Waals surface area contributed by atoms with E-state index in [1.54, 1.807) is 0 Å². The molecule has 2 N–H and O–H groups in total. The minimum absolute atomic E-state index is 0.107. The number of carbonyl (C=O) groups is 1. The van der Waals surface area contributed by atoms with Gasteiger partial charge in [-0.05, 0) is 43.6 Å². The van der Waals surface area contributed by atoms with Gasteiger partial charge in [0.2, 0.25) is 5.91 Å². The average molecular weight is 259 g/mol. The van der Waals surface area contributed by atoms with Crippen LogP contribution in [0.5, 0.6) is 0 Å². The normalized spacial score (nSPS) is 21.8. The van der Waals surface area contributed by atoms with Crippen LogP contribution in [0.1, 0.15) is 24.0 Å². The summed E-state index contributed by atoms with van der Waals surface area (Å²) in [6.45, 7) is 3.19. The van der Waals surface area contributed by atoms with Gasteiger partial charge < -0.3 is 15.5 Å². The molecule has 4 nitrogen and oxygen atoms in total. The number of amides is 1. The zero-order chi connectivity index (χ0) is 13.2. The van der Waals surface area contributed by atoms with Crippen LogP contribution in [0.25, 0.3) is 0 Å². The van der Waals surface area contributed by atoms with Crippen molar-refractivity contribution in [1.29, 1.82) is 0 Å². The smallest absolute Gasteiger partial charge is 0.228 e. The first-order valence-electron chi connectivity index (χ1n) is 7.04. The second kappa shape index (κ2) is 5.31. The summed E-state index contributed by atoms with van der Waals surface area (Å²) in [6.07, 6.45) is 3.11. The molecule has 1 aromatic carbocycles. The lowest BCUT2D eigenvalue weighted by Gasteiger charge is -2.21. The largest absolute Gasteiger partial charge is 0.326 e. The summed E-state index contributed by atoms with van der Waals surface area (Å²) in [6, 6.07) is 6.94. The monoisotopic (exact) mass is 259 g/mol. The molecule has 1 amide bonds. The minimum atomic E-state index is 0.107. The molecule has 0 spiro atoms. The van der Waals surface area contributed by atoms with Gasteiger partial charge in [0.15, 0.2) is 0 Å². The third-order valence-corrected chi connectivity index (χ3v) is 3.94. The van der Waals surface area contributed by atoms with Crippen molar-refractivity contribution in [1.82, 2.24) is 10.2 Å². The van der Waals surface area contributed by atoms with E-state index in [4.69, 9.17) is 0 Å². The Morgan fingerprint density at radius 1 is 1.42 bits per heavy atom. The van der Waals surface area contributed by atoms with E-state index < -0.39 is 0 Å². The first-order chi connectivity index (χ1) is 9.20. The second-order valence-corrected chi connectivity index (χ2v) is 5.71. The summed E-state index contributed by atoms with van der Waals surface area (Å²) >= 11 is 0. The zero-order valence-corrected chi connectivity index (χ0v) is 11.4. The van der Waals surface area contributed by atoms with Gasteiger partial charge >= 0.3 is 0 Å². The van der Waals surface area contributed by atoms with Gasteiger partial charge in [-0.3, -0.25) is 4.79 Å². The lowest BCUT2D eigenvalue weighted by Crippen LogP contribution is -2.34. The quantitative estimate of drug-likeness (QED) is 0.858. The van der Waals surface area contributed by atoms with Gasteiger partial charge in [-0.15, -0.1) is 0 Å². The molecule has 19 heavy (non-hydrogen) atoms. The topological polar surface area (TPSA) is 44.4 Å². The van der Waals surface area contributed by atoms with Gasteiger partial charge in [0.05, 0.1) is 6.42 Å². The fourth-order valence-electron chi connectivity index (χ4n) is 3.05. The highest BCUT2D eigenvalue weighted by molar-refractivity contribution is 5.99. The number of nitrogens with one attached hydrogen (secondary N) is 2. The molecule has 102 valence electrons. The van der Waals surface area contributed by atoms with Gasteiger partial charge in [-0.25, -0.2) is 0 Å². The van der Waals surface area contributed by atoms with Crippen molar-refractivity contribution in [2.45, 2.75) is 31.8 Å². The highest BCUT2D eigenvalue weighted by Crippen LogP contribution is 2.24. The molecule has 1 saturated heterocycles. The van der Waals surface area contributed by atoms with Crippen molar-refractivity contribution in [3.05, 3.63) is 29.3 Å². The molecule has 1 atom stereocenters. The number of hydrogen-bond donors (Lipinski definition) is 2.